The van der Waals surface area contributed by atoms with Crippen molar-refractivity contribution in [1.82, 2.24) is 19.9 Å². The molecule has 0 aliphatic carbocycles. The average Bonchev–Trinajstić information content (AvgIpc) is 3.28. The molecule has 0 spiro atoms. The summed E-state index contributed by atoms with van der Waals surface area (Å²) >= 11 is 0. The summed E-state index contributed by atoms with van der Waals surface area (Å²) in [4.78, 5) is 27.5. The molecule has 1 fully saturated rings. The normalized spacial score (nSPS) is 13.8. The van der Waals surface area contributed by atoms with Gasteiger partial charge in [0.25, 0.3) is 5.91 Å². The Hall–Kier alpha value is -3.39. The van der Waals surface area contributed by atoms with E-state index in [-0.39, 0.29) is 5.69 Å². The zero-order valence-electron chi connectivity index (χ0n) is 18.3. The number of aryl methyl sites for hydroxylation is 2. The van der Waals surface area contributed by atoms with Crippen LogP contribution < -0.4 is 10.1 Å². The molecule has 166 valence electrons. The van der Waals surface area contributed by atoms with Gasteiger partial charge in [0, 0.05) is 47.0 Å². The van der Waals surface area contributed by atoms with Crippen molar-refractivity contribution in [2.75, 3.05) is 31.6 Å². The number of hydrogen-bond acceptors (Lipinski definition) is 6. The summed E-state index contributed by atoms with van der Waals surface area (Å²) in [7, 11) is 0. The largest absolute Gasteiger partial charge is 0.492 e. The van der Waals surface area contributed by atoms with Crippen molar-refractivity contribution in [3.8, 4) is 16.9 Å². The van der Waals surface area contributed by atoms with E-state index in [0.717, 1.165) is 48.2 Å². The quantitative estimate of drug-likeness (QED) is 0.604. The van der Waals surface area contributed by atoms with Gasteiger partial charge in [-0.15, -0.1) is 0 Å². The standard InChI is InChI=1S/C24H26FN5O2/c1-16-23(17(2)28-15-27-16)20-14-19(29-24(31)21-13-18(25)7-8-26-21)5-6-22(20)32-12-11-30-9-3-4-10-30/h5-8,13-15H,3-4,9-12H2,1-2H3,(H,29,31). The first kappa shape index (κ1) is 21.8. The number of nitrogens with zero attached hydrogens (tertiary/aromatic N) is 4. The molecule has 1 aromatic carbocycles. The first-order valence-corrected chi connectivity index (χ1v) is 10.7. The van der Waals surface area contributed by atoms with Gasteiger partial charge >= 0.3 is 0 Å². The molecule has 7 nitrogen and oxygen atoms in total. The van der Waals surface area contributed by atoms with E-state index in [4.69, 9.17) is 4.74 Å². The molecule has 0 radical (unpaired) electrons. The molecule has 1 N–H and O–H groups in total. The molecule has 0 saturated carbocycles. The van der Waals surface area contributed by atoms with Crippen LogP contribution in [-0.2, 0) is 0 Å². The van der Waals surface area contributed by atoms with Crippen LogP contribution in [0.5, 0.6) is 5.75 Å². The van der Waals surface area contributed by atoms with Crippen LogP contribution in [0.4, 0.5) is 10.1 Å². The van der Waals surface area contributed by atoms with Crippen molar-refractivity contribution >= 4 is 11.6 Å². The van der Waals surface area contributed by atoms with E-state index in [9.17, 15) is 9.18 Å². The lowest BCUT2D eigenvalue weighted by Crippen LogP contribution is -2.25. The SMILES string of the molecule is Cc1ncnc(C)c1-c1cc(NC(=O)c2cc(F)ccn2)ccc1OCCN1CCCC1. The maximum Gasteiger partial charge on any atom is 0.274 e. The number of nitrogens with one attached hydrogen (secondary N) is 1. The number of amides is 1. The zero-order valence-corrected chi connectivity index (χ0v) is 18.3. The van der Waals surface area contributed by atoms with Crippen LogP contribution in [0.3, 0.4) is 0 Å². The number of halogens is 1. The van der Waals surface area contributed by atoms with Gasteiger partial charge in [0.1, 0.15) is 30.2 Å². The highest BCUT2D eigenvalue weighted by atomic mass is 19.1. The Morgan fingerprint density at radius 2 is 1.84 bits per heavy atom. The first-order valence-electron chi connectivity index (χ1n) is 10.7. The third-order valence-electron chi connectivity index (χ3n) is 5.55. The summed E-state index contributed by atoms with van der Waals surface area (Å²) in [5.41, 5.74) is 3.85. The van der Waals surface area contributed by atoms with Crippen LogP contribution in [0.15, 0.2) is 42.9 Å². The Morgan fingerprint density at radius 3 is 2.56 bits per heavy atom. The van der Waals surface area contributed by atoms with Gasteiger partial charge in [-0.1, -0.05) is 0 Å². The Morgan fingerprint density at radius 1 is 1.09 bits per heavy atom. The molecule has 32 heavy (non-hydrogen) atoms. The zero-order chi connectivity index (χ0) is 22.5. The van der Waals surface area contributed by atoms with Crippen molar-refractivity contribution in [2.24, 2.45) is 0 Å². The highest BCUT2D eigenvalue weighted by Gasteiger charge is 2.17. The fourth-order valence-electron chi connectivity index (χ4n) is 3.93. The molecular formula is C24H26FN5O2. The number of ether oxygens (including phenoxy) is 1. The van der Waals surface area contributed by atoms with Crippen molar-refractivity contribution in [1.29, 1.82) is 0 Å². The number of anilines is 1. The Kier molecular flexibility index (Phi) is 6.70. The second-order valence-corrected chi connectivity index (χ2v) is 7.84. The fourth-order valence-corrected chi connectivity index (χ4v) is 3.93. The van der Waals surface area contributed by atoms with Crippen LogP contribution in [-0.4, -0.2) is 52.0 Å². The van der Waals surface area contributed by atoms with Gasteiger partial charge in [0.15, 0.2) is 0 Å². The van der Waals surface area contributed by atoms with E-state index in [0.29, 0.717) is 18.0 Å². The van der Waals surface area contributed by atoms with Gasteiger partial charge in [-0.3, -0.25) is 14.7 Å². The van der Waals surface area contributed by atoms with E-state index in [2.05, 4.69) is 25.2 Å². The topological polar surface area (TPSA) is 80.2 Å². The molecule has 1 aliphatic heterocycles. The van der Waals surface area contributed by atoms with Crippen LogP contribution in [0, 0.1) is 19.7 Å². The molecule has 0 bridgehead atoms. The molecule has 1 saturated heterocycles. The number of hydrogen-bond donors (Lipinski definition) is 1. The van der Waals surface area contributed by atoms with Gasteiger partial charge in [0.2, 0.25) is 0 Å². The van der Waals surface area contributed by atoms with E-state index in [1.807, 2.05) is 26.0 Å². The van der Waals surface area contributed by atoms with Crippen LogP contribution in [0.2, 0.25) is 0 Å². The second kappa shape index (κ2) is 9.82. The Labute approximate surface area is 186 Å². The lowest BCUT2D eigenvalue weighted by Gasteiger charge is -2.18. The monoisotopic (exact) mass is 435 g/mol. The minimum Gasteiger partial charge on any atom is -0.492 e. The maximum absolute atomic E-state index is 13.5. The molecular weight excluding hydrogens is 409 g/mol. The van der Waals surface area contributed by atoms with Gasteiger partial charge in [-0.2, -0.15) is 0 Å². The van der Waals surface area contributed by atoms with Gasteiger partial charge in [-0.05, 0) is 64.0 Å². The number of benzene rings is 1. The van der Waals surface area contributed by atoms with E-state index in [1.165, 1.54) is 31.4 Å². The summed E-state index contributed by atoms with van der Waals surface area (Å²) in [5.74, 6) is -0.303. The molecule has 0 unspecified atom stereocenters. The van der Waals surface area contributed by atoms with Crippen LogP contribution in [0.25, 0.3) is 11.1 Å². The maximum atomic E-state index is 13.5. The van der Waals surface area contributed by atoms with E-state index in [1.54, 1.807) is 6.07 Å². The van der Waals surface area contributed by atoms with E-state index >= 15 is 0 Å². The summed E-state index contributed by atoms with van der Waals surface area (Å²) in [5, 5.41) is 2.79. The van der Waals surface area contributed by atoms with Crippen molar-refractivity contribution in [2.45, 2.75) is 26.7 Å². The number of carbonyl (C=O) groups is 1. The first-order chi connectivity index (χ1) is 15.5. The molecule has 2 aromatic heterocycles. The third kappa shape index (κ3) is 5.08. The van der Waals surface area contributed by atoms with E-state index < -0.39 is 11.7 Å². The molecule has 3 heterocycles. The summed E-state index contributed by atoms with van der Waals surface area (Å²) < 4.78 is 19.6. The summed E-state index contributed by atoms with van der Waals surface area (Å²) in [6, 6.07) is 7.73. The minimum atomic E-state index is -0.514. The smallest absolute Gasteiger partial charge is 0.274 e. The Balaban J connectivity index is 1.61. The molecule has 8 heteroatoms. The van der Waals surface area contributed by atoms with Crippen molar-refractivity contribution < 1.29 is 13.9 Å². The number of rotatable bonds is 7. The fraction of sp³-hybridized carbons (Fsp3) is 0.333. The van der Waals surface area contributed by atoms with Gasteiger partial charge < -0.3 is 10.1 Å². The molecule has 3 aromatic rings. The number of pyridine rings is 1. The summed E-state index contributed by atoms with van der Waals surface area (Å²) in [6.07, 6.45) is 5.27. The van der Waals surface area contributed by atoms with Crippen LogP contribution >= 0.6 is 0 Å². The average molecular weight is 436 g/mol. The summed E-state index contributed by atoms with van der Waals surface area (Å²) in [6.45, 7) is 7.49. The second-order valence-electron chi connectivity index (χ2n) is 7.84. The molecule has 0 atom stereocenters. The van der Waals surface area contributed by atoms with Crippen LogP contribution in [0.1, 0.15) is 34.7 Å². The highest BCUT2D eigenvalue weighted by Crippen LogP contribution is 2.35. The number of aromatic nitrogens is 3. The van der Waals surface area contributed by atoms with Crippen molar-refractivity contribution in [3.05, 3.63) is 65.8 Å². The molecule has 4 rings (SSSR count). The minimum absolute atomic E-state index is 0.00731. The number of likely N-dealkylation sites (tertiary alicyclic amines) is 1. The Bertz CT molecular complexity index is 1100. The predicted molar refractivity (Wildman–Crippen MR) is 120 cm³/mol. The van der Waals surface area contributed by atoms with Gasteiger partial charge in [-0.25, -0.2) is 14.4 Å². The number of carbonyl (C=O) groups excluding carboxylic acids is 1. The lowest BCUT2D eigenvalue weighted by molar-refractivity contribution is 0.102. The highest BCUT2D eigenvalue weighted by molar-refractivity contribution is 6.03. The lowest BCUT2D eigenvalue weighted by atomic mass is 10.0. The predicted octanol–water partition coefficient (Wildman–Crippen LogP) is 4.02. The molecule has 1 aliphatic rings. The third-order valence-corrected chi connectivity index (χ3v) is 5.55. The molecule has 1 amide bonds. The van der Waals surface area contributed by atoms with Crippen molar-refractivity contribution in [3.63, 3.8) is 0 Å². The van der Waals surface area contributed by atoms with Gasteiger partial charge in [0.05, 0.1) is 0 Å².